The fourth-order valence-electron chi connectivity index (χ4n) is 2.96. The number of carbonyl (C=O) groups excluding carboxylic acids is 1. The molecule has 0 aliphatic carbocycles. The summed E-state index contributed by atoms with van der Waals surface area (Å²) in [5.74, 6) is 1.80. The normalized spacial score (nSPS) is 18.7. The fraction of sp³-hybridized carbons (Fsp3) is 0.471. The molecule has 23 heavy (non-hydrogen) atoms. The van der Waals surface area contributed by atoms with Gasteiger partial charge in [0, 0.05) is 25.6 Å². The minimum absolute atomic E-state index is 0.0338. The topological polar surface area (TPSA) is 71.3 Å². The summed E-state index contributed by atoms with van der Waals surface area (Å²) in [6.45, 7) is 4.94. The van der Waals surface area contributed by atoms with Gasteiger partial charge in [0.1, 0.15) is 0 Å². The average molecular weight is 314 g/mol. The molecular weight excluding hydrogens is 292 g/mol. The van der Waals surface area contributed by atoms with E-state index in [1.807, 2.05) is 30.3 Å². The number of hydrogen-bond acceptors (Lipinski definition) is 5. The molecule has 0 radical (unpaired) electrons. The van der Waals surface area contributed by atoms with E-state index in [9.17, 15) is 4.79 Å². The van der Waals surface area contributed by atoms with Crippen LogP contribution in [0.1, 0.15) is 25.7 Å². The van der Waals surface area contributed by atoms with Crippen molar-refractivity contribution in [2.45, 2.75) is 26.3 Å². The third-order valence-electron chi connectivity index (χ3n) is 4.10. The van der Waals surface area contributed by atoms with Gasteiger partial charge in [-0.2, -0.15) is 4.98 Å². The van der Waals surface area contributed by atoms with Gasteiger partial charge in [0.25, 0.3) is 0 Å². The molecule has 0 saturated carbocycles. The predicted molar refractivity (Wildman–Crippen MR) is 86.4 cm³/mol. The van der Waals surface area contributed by atoms with E-state index in [1.165, 1.54) is 0 Å². The number of benzene rings is 1. The Labute approximate surface area is 135 Å². The Morgan fingerprint density at radius 1 is 1.39 bits per heavy atom. The lowest BCUT2D eigenvalue weighted by Crippen LogP contribution is -2.40. The third-order valence-corrected chi connectivity index (χ3v) is 4.10. The largest absolute Gasteiger partial charge is 0.356 e. The molecule has 1 fully saturated rings. The molecular formula is C17H22N4O2. The summed E-state index contributed by atoms with van der Waals surface area (Å²) in [5.41, 5.74) is 0.963. The quantitative estimate of drug-likeness (QED) is 0.915. The number of rotatable bonds is 5. The Balaban J connectivity index is 1.57. The maximum atomic E-state index is 11.0. The number of nitrogens with one attached hydrogen (secondary N) is 1. The summed E-state index contributed by atoms with van der Waals surface area (Å²) >= 11 is 0. The fourth-order valence-corrected chi connectivity index (χ4v) is 2.96. The van der Waals surface area contributed by atoms with Crippen molar-refractivity contribution in [2.75, 3.05) is 19.6 Å². The molecule has 1 unspecified atom stereocenters. The Kier molecular flexibility index (Phi) is 5.02. The minimum atomic E-state index is 0.0338. The monoisotopic (exact) mass is 314 g/mol. The average Bonchev–Trinajstić information content (AvgIpc) is 3.03. The Morgan fingerprint density at radius 3 is 3.00 bits per heavy atom. The van der Waals surface area contributed by atoms with Crippen molar-refractivity contribution < 1.29 is 9.32 Å². The van der Waals surface area contributed by atoms with Gasteiger partial charge >= 0.3 is 0 Å². The van der Waals surface area contributed by atoms with Gasteiger partial charge < -0.3 is 9.84 Å². The van der Waals surface area contributed by atoms with Crippen LogP contribution in [0.25, 0.3) is 11.4 Å². The SMILES string of the molecule is CC(=O)NCC1CCCN(Cc2nc(-c3ccccc3)no2)C1. The van der Waals surface area contributed by atoms with Crippen LogP contribution in [0.4, 0.5) is 0 Å². The summed E-state index contributed by atoms with van der Waals surface area (Å²) in [6, 6.07) is 9.83. The third kappa shape index (κ3) is 4.39. The molecule has 1 amide bonds. The first-order chi connectivity index (χ1) is 11.2. The maximum Gasteiger partial charge on any atom is 0.241 e. The van der Waals surface area contributed by atoms with Gasteiger partial charge in [0.15, 0.2) is 0 Å². The summed E-state index contributed by atoms with van der Waals surface area (Å²) in [5, 5.41) is 6.97. The Hall–Kier alpha value is -2.21. The first kappa shape index (κ1) is 15.7. The van der Waals surface area contributed by atoms with Gasteiger partial charge in [-0.1, -0.05) is 35.5 Å². The molecule has 6 heteroatoms. The zero-order chi connectivity index (χ0) is 16.1. The van der Waals surface area contributed by atoms with Crippen LogP contribution >= 0.6 is 0 Å². The van der Waals surface area contributed by atoms with Crippen molar-refractivity contribution in [1.82, 2.24) is 20.4 Å². The molecule has 1 saturated heterocycles. The van der Waals surface area contributed by atoms with Crippen LogP contribution in [-0.4, -0.2) is 40.6 Å². The number of likely N-dealkylation sites (tertiary alicyclic amines) is 1. The zero-order valence-electron chi connectivity index (χ0n) is 13.4. The van der Waals surface area contributed by atoms with Crippen LogP contribution in [0.15, 0.2) is 34.9 Å². The van der Waals surface area contributed by atoms with E-state index in [2.05, 4.69) is 20.4 Å². The first-order valence-electron chi connectivity index (χ1n) is 8.05. The van der Waals surface area contributed by atoms with E-state index < -0.39 is 0 Å². The highest BCUT2D eigenvalue weighted by Crippen LogP contribution is 2.19. The highest BCUT2D eigenvalue weighted by molar-refractivity contribution is 5.72. The highest BCUT2D eigenvalue weighted by Gasteiger charge is 2.22. The molecule has 2 aromatic rings. The second kappa shape index (κ2) is 7.37. The second-order valence-corrected chi connectivity index (χ2v) is 6.06. The standard InChI is InChI=1S/C17H22N4O2/c1-13(22)18-10-14-6-5-9-21(11-14)12-16-19-17(20-23-16)15-7-3-2-4-8-15/h2-4,7-8,14H,5-6,9-12H2,1H3,(H,18,22). The van der Waals surface area contributed by atoms with Crippen molar-refractivity contribution in [3.8, 4) is 11.4 Å². The van der Waals surface area contributed by atoms with E-state index in [4.69, 9.17) is 4.52 Å². The number of hydrogen-bond donors (Lipinski definition) is 1. The number of aromatic nitrogens is 2. The molecule has 1 aliphatic rings. The Morgan fingerprint density at radius 2 is 2.22 bits per heavy atom. The van der Waals surface area contributed by atoms with Gasteiger partial charge in [-0.25, -0.2) is 0 Å². The van der Waals surface area contributed by atoms with E-state index in [0.717, 1.165) is 38.0 Å². The first-order valence-corrected chi connectivity index (χ1v) is 8.05. The van der Waals surface area contributed by atoms with Crippen molar-refractivity contribution in [2.24, 2.45) is 5.92 Å². The molecule has 1 aromatic heterocycles. The zero-order valence-corrected chi connectivity index (χ0v) is 13.4. The van der Waals surface area contributed by atoms with Crippen molar-refractivity contribution >= 4 is 5.91 Å². The molecule has 2 heterocycles. The molecule has 1 atom stereocenters. The van der Waals surface area contributed by atoms with Gasteiger partial charge in [-0.15, -0.1) is 0 Å². The maximum absolute atomic E-state index is 11.0. The molecule has 0 bridgehead atoms. The van der Waals surface area contributed by atoms with E-state index >= 15 is 0 Å². The molecule has 0 spiro atoms. The molecule has 1 N–H and O–H groups in total. The van der Waals surface area contributed by atoms with E-state index in [1.54, 1.807) is 6.92 Å². The van der Waals surface area contributed by atoms with Gasteiger partial charge in [-0.05, 0) is 25.3 Å². The molecule has 1 aliphatic heterocycles. The van der Waals surface area contributed by atoms with Crippen molar-refractivity contribution in [3.63, 3.8) is 0 Å². The van der Waals surface area contributed by atoms with Gasteiger partial charge in [0.2, 0.25) is 17.6 Å². The number of amides is 1. The lowest BCUT2D eigenvalue weighted by Gasteiger charge is -2.31. The van der Waals surface area contributed by atoms with Crippen LogP contribution in [0, 0.1) is 5.92 Å². The summed E-state index contributed by atoms with van der Waals surface area (Å²) in [6.07, 6.45) is 2.28. The summed E-state index contributed by atoms with van der Waals surface area (Å²) < 4.78 is 5.38. The molecule has 122 valence electrons. The molecule has 6 nitrogen and oxygen atoms in total. The highest BCUT2D eigenvalue weighted by atomic mass is 16.5. The van der Waals surface area contributed by atoms with Crippen LogP contribution in [0.3, 0.4) is 0 Å². The summed E-state index contributed by atoms with van der Waals surface area (Å²) in [7, 11) is 0. The molecule has 1 aromatic carbocycles. The number of carbonyl (C=O) groups is 1. The Bertz CT molecular complexity index is 641. The van der Waals surface area contributed by atoms with Gasteiger partial charge in [-0.3, -0.25) is 9.69 Å². The smallest absolute Gasteiger partial charge is 0.241 e. The lowest BCUT2D eigenvalue weighted by atomic mass is 9.98. The van der Waals surface area contributed by atoms with Crippen LogP contribution in [0.5, 0.6) is 0 Å². The van der Waals surface area contributed by atoms with Crippen LogP contribution in [0.2, 0.25) is 0 Å². The van der Waals surface area contributed by atoms with E-state index in [0.29, 0.717) is 24.2 Å². The second-order valence-electron chi connectivity index (χ2n) is 6.06. The summed E-state index contributed by atoms with van der Waals surface area (Å²) in [4.78, 5) is 17.8. The van der Waals surface area contributed by atoms with Gasteiger partial charge in [0.05, 0.1) is 6.54 Å². The predicted octanol–water partition coefficient (Wildman–Crippen LogP) is 2.08. The minimum Gasteiger partial charge on any atom is -0.356 e. The van der Waals surface area contributed by atoms with Crippen molar-refractivity contribution in [3.05, 3.63) is 36.2 Å². The molecule has 3 rings (SSSR count). The number of nitrogens with zero attached hydrogens (tertiary/aromatic N) is 3. The lowest BCUT2D eigenvalue weighted by molar-refractivity contribution is -0.119. The van der Waals surface area contributed by atoms with Crippen molar-refractivity contribution in [1.29, 1.82) is 0 Å². The van der Waals surface area contributed by atoms with Crippen LogP contribution in [-0.2, 0) is 11.3 Å². The van der Waals surface area contributed by atoms with E-state index in [-0.39, 0.29) is 5.91 Å². The number of piperidine rings is 1. The van der Waals surface area contributed by atoms with Crippen LogP contribution < -0.4 is 5.32 Å².